The second-order valence-corrected chi connectivity index (χ2v) is 14.6. The third-order valence-electron chi connectivity index (χ3n) is 12.0. The van der Waals surface area contributed by atoms with Crippen molar-refractivity contribution >= 4 is 5.69 Å². The molecule has 5 rings (SSSR count). The fraction of sp³-hybridized carbons (Fsp3) is 0.714. The van der Waals surface area contributed by atoms with Crippen molar-refractivity contribution in [3.05, 3.63) is 53.1 Å². The van der Waals surface area contributed by atoms with Gasteiger partial charge >= 0.3 is 0 Å². The highest BCUT2D eigenvalue weighted by Crippen LogP contribution is 2.66. The Morgan fingerprint density at radius 2 is 1.65 bits per heavy atom. The van der Waals surface area contributed by atoms with E-state index in [1.54, 1.807) is 16.7 Å². The molecule has 0 aliphatic heterocycles. The number of aliphatic hydroxyl groups is 1. The number of para-hydroxylation sites is 1. The van der Waals surface area contributed by atoms with E-state index in [0.29, 0.717) is 23.3 Å². The zero-order valence-electron chi connectivity index (χ0n) is 24.7. The van der Waals surface area contributed by atoms with Gasteiger partial charge in [-0.25, -0.2) is 0 Å². The maximum Gasteiger partial charge on any atom is 0.0594 e. The highest BCUT2D eigenvalue weighted by molar-refractivity contribution is 5.50. The topological polar surface area (TPSA) is 32.3 Å². The van der Waals surface area contributed by atoms with Gasteiger partial charge in [-0.3, -0.25) is 0 Å². The number of anilines is 1. The first-order chi connectivity index (χ1) is 17.5. The van der Waals surface area contributed by atoms with Crippen molar-refractivity contribution in [2.75, 3.05) is 5.32 Å². The molecule has 2 nitrogen and oxygen atoms in total. The molecule has 0 bridgehead atoms. The number of aliphatic hydroxyl groups excluding tert-OH is 1. The first-order valence-corrected chi connectivity index (χ1v) is 15.4. The predicted molar refractivity (Wildman–Crippen MR) is 157 cm³/mol. The lowest BCUT2D eigenvalue weighted by Crippen LogP contribution is -2.53. The second kappa shape index (κ2) is 9.89. The summed E-state index contributed by atoms with van der Waals surface area (Å²) in [4.78, 5) is 0. The highest BCUT2D eigenvalue weighted by Gasteiger charge is 2.57. The molecule has 2 heteroatoms. The largest absolute Gasteiger partial charge is 0.393 e. The van der Waals surface area contributed by atoms with Crippen LogP contribution in [0, 0.1) is 39.9 Å². The maximum absolute atomic E-state index is 10.8. The third kappa shape index (κ3) is 4.54. The maximum atomic E-state index is 10.8. The summed E-state index contributed by atoms with van der Waals surface area (Å²) in [6, 6.07) is 11.3. The Kier molecular flexibility index (Phi) is 7.23. The van der Waals surface area contributed by atoms with Crippen LogP contribution in [0.4, 0.5) is 5.69 Å². The minimum absolute atomic E-state index is 0.0220. The number of allylic oxidation sites excluding steroid dienone is 4. The zero-order valence-corrected chi connectivity index (χ0v) is 24.7. The summed E-state index contributed by atoms with van der Waals surface area (Å²) < 4.78 is 0. The zero-order chi connectivity index (χ0) is 26.6. The van der Waals surface area contributed by atoms with Crippen molar-refractivity contribution in [1.82, 2.24) is 0 Å². The Morgan fingerprint density at radius 1 is 0.919 bits per heavy atom. The van der Waals surface area contributed by atoms with Crippen LogP contribution in [0.25, 0.3) is 0 Å². The van der Waals surface area contributed by atoms with E-state index < -0.39 is 0 Å². The van der Waals surface area contributed by atoms with E-state index in [4.69, 9.17) is 0 Å². The van der Waals surface area contributed by atoms with Crippen molar-refractivity contribution < 1.29 is 5.11 Å². The highest BCUT2D eigenvalue weighted by atomic mass is 16.3. The number of hydrogen-bond donors (Lipinski definition) is 2. The molecule has 2 N–H and O–H groups in total. The summed E-state index contributed by atoms with van der Waals surface area (Å²) >= 11 is 0. The summed E-state index contributed by atoms with van der Waals surface area (Å²) in [5.74, 6) is 2.72. The van der Waals surface area contributed by atoms with Crippen molar-refractivity contribution in [2.45, 2.75) is 118 Å². The molecule has 1 aromatic carbocycles. The molecule has 1 unspecified atom stereocenters. The fourth-order valence-electron chi connectivity index (χ4n) is 9.54. The summed E-state index contributed by atoms with van der Waals surface area (Å²) in [6.07, 6.45) is 13.5. The molecule has 1 aromatic rings. The third-order valence-corrected chi connectivity index (χ3v) is 12.0. The first-order valence-electron chi connectivity index (χ1n) is 15.4. The lowest BCUT2D eigenvalue weighted by molar-refractivity contribution is -0.0905. The Bertz CT molecular complexity index is 1030. The van der Waals surface area contributed by atoms with Crippen LogP contribution in [0.3, 0.4) is 0 Å². The fourth-order valence-corrected chi connectivity index (χ4v) is 9.54. The molecule has 0 saturated heterocycles. The minimum Gasteiger partial charge on any atom is -0.393 e. The van der Waals surface area contributed by atoms with Crippen LogP contribution in [0.5, 0.6) is 0 Å². The summed E-state index contributed by atoms with van der Waals surface area (Å²) in [5, 5.41) is 14.7. The average molecular weight is 504 g/mol. The normalized spacial score (nSPS) is 36.4. The van der Waals surface area contributed by atoms with Crippen LogP contribution in [0.15, 0.2) is 53.1 Å². The molecule has 37 heavy (non-hydrogen) atoms. The van der Waals surface area contributed by atoms with Crippen molar-refractivity contribution in [2.24, 2.45) is 39.9 Å². The monoisotopic (exact) mass is 503 g/mol. The standard InChI is InChI=1S/C35H53NO/c1-23(2)30(36-25-11-9-8-10-12-25)17-13-24(3)27-15-16-28-26-14-18-31-33(4,5)32(37)20-22-35(31,7)29(26)19-21-34(27,28)6/h8-12,16,23-24,27,30-32,36-37H,13-15,17-22H2,1-7H3/t24-,27-,30?,31+,32+,34-,35-/m1/s1. The Balaban J connectivity index is 1.30. The number of rotatable bonds is 7. The molecule has 0 spiro atoms. The van der Waals surface area contributed by atoms with E-state index in [2.05, 4.69) is 90.2 Å². The summed E-state index contributed by atoms with van der Waals surface area (Å²) in [7, 11) is 0. The quantitative estimate of drug-likeness (QED) is 0.389. The molecule has 0 radical (unpaired) electrons. The van der Waals surface area contributed by atoms with E-state index in [-0.39, 0.29) is 16.9 Å². The van der Waals surface area contributed by atoms with Gasteiger partial charge in [0.1, 0.15) is 0 Å². The molecule has 4 aliphatic rings. The van der Waals surface area contributed by atoms with Gasteiger partial charge in [0.25, 0.3) is 0 Å². The number of hydrogen-bond acceptors (Lipinski definition) is 2. The van der Waals surface area contributed by atoms with Gasteiger partial charge in [-0.15, -0.1) is 0 Å². The van der Waals surface area contributed by atoms with Crippen molar-refractivity contribution in [1.29, 1.82) is 0 Å². The molecule has 4 aliphatic carbocycles. The van der Waals surface area contributed by atoms with Gasteiger partial charge in [-0.2, -0.15) is 0 Å². The summed E-state index contributed by atoms with van der Waals surface area (Å²) in [5.41, 5.74) is 7.15. The van der Waals surface area contributed by atoms with E-state index in [0.717, 1.165) is 24.7 Å². The smallest absolute Gasteiger partial charge is 0.0594 e. The number of benzene rings is 1. The number of fused-ring (bicyclic) bond motifs is 4. The van der Waals surface area contributed by atoms with Crippen LogP contribution in [0.2, 0.25) is 0 Å². The summed E-state index contributed by atoms with van der Waals surface area (Å²) in [6.45, 7) is 17.1. The molecule has 7 atom stereocenters. The molecule has 204 valence electrons. The Morgan fingerprint density at radius 3 is 2.35 bits per heavy atom. The van der Waals surface area contributed by atoms with E-state index in [1.807, 2.05) is 0 Å². The van der Waals surface area contributed by atoms with Crippen LogP contribution in [0.1, 0.15) is 106 Å². The minimum atomic E-state index is -0.149. The van der Waals surface area contributed by atoms with Crippen LogP contribution < -0.4 is 5.32 Å². The molecule has 0 aromatic heterocycles. The van der Waals surface area contributed by atoms with E-state index in [1.165, 1.54) is 50.6 Å². The molecule has 0 heterocycles. The first kappa shape index (κ1) is 27.0. The van der Waals surface area contributed by atoms with E-state index >= 15 is 0 Å². The Labute approximate surface area is 227 Å². The lowest BCUT2D eigenvalue weighted by atomic mass is 9.46. The van der Waals surface area contributed by atoms with Gasteiger partial charge in [0.05, 0.1) is 6.10 Å². The number of nitrogens with one attached hydrogen (secondary N) is 1. The van der Waals surface area contributed by atoms with Crippen LogP contribution in [-0.2, 0) is 0 Å². The predicted octanol–water partition coefficient (Wildman–Crippen LogP) is 9.18. The van der Waals surface area contributed by atoms with Crippen molar-refractivity contribution in [3.8, 4) is 0 Å². The SMILES string of the molecule is CC(C)C(CC[C@@H](C)[C@H]1CC=C2C3=C(CC[C@@]21C)[C@@]1(C)CC[C@H](O)C(C)(C)[C@@H]1CC3)Nc1ccccc1. The van der Waals surface area contributed by atoms with Crippen LogP contribution >= 0.6 is 0 Å². The van der Waals surface area contributed by atoms with Gasteiger partial charge in [-0.05, 0) is 121 Å². The molecular formula is C35H53NO. The molecule has 1 saturated carbocycles. The van der Waals surface area contributed by atoms with Gasteiger partial charge in [0.2, 0.25) is 0 Å². The Hall–Kier alpha value is -1.54. The van der Waals surface area contributed by atoms with Gasteiger partial charge in [-0.1, -0.05) is 78.3 Å². The van der Waals surface area contributed by atoms with Crippen molar-refractivity contribution in [3.63, 3.8) is 0 Å². The van der Waals surface area contributed by atoms with Gasteiger partial charge in [0.15, 0.2) is 0 Å². The second-order valence-electron chi connectivity index (χ2n) is 14.6. The van der Waals surface area contributed by atoms with Crippen LogP contribution in [-0.4, -0.2) is 17.3 Å². The lowest BCUT2D eigenvalue weighted by Gasteiger charge is -2.59. The van der Waals surface area contributed by atoms with E-state index in [9.17, 15) is 5.11 Å². The van der Waals surface area contributed by atoms with Gasteiger partial charge < -0.3 is 10.4 Å². The molecular weight excluding hydrogens is 450 g/mol. The average Bonchev–Trinajstić information content (AvgIpc) is 3.22. The molecule has 0 amide bonds. The molecule has 1 fully saturated rings. The van der Waals surface area contributed by atoms with Gasteiger partial charge in [0, 0.05) is 11.7 Å².